The number of benzene rings is 1. The fraction of sp³-hybridized carbons (Fsp3) is 0.167. The van der Waals surface area contributed by atoms with Gasteiger partial charge in [-0.3, -0.25) is 4.79 Å². The minimum atomic E-state index is 0.0320. The second kappa shape index (κ2) is 6.23. The van der Waals surface area contributed by atoms with Crippen LogP contribution in [0, 0.1) is 0 Å². The summed E-state index contributed by atoms with van der Waals surface area (Å²) in [6.45, 7) is 0.760. The Morgan fingerprint density at radius 2 is 1.96 bits per heavy atom. The minimum Gasteiger partial charge on any atom is -0.326 e. The fourth-order valence-electron chi connectivity index (χ4n) is 3.08. The van der Waals surface area contributed by atoms with E-state index in [4.69, 9.17) is 0 Å². The molecule has 3 heterocycles. The fourth-order valence-corrected chi connectivity index (χ4v) is 5.29. The Labute approximate surface area is 151 Å². The van der Waals surface area contributed by atoms with E-state index in [1.54, 1.807) is 22.7 Å². The van der Waals surface area contributed by atoms with Gasteiger partial charge in [-0.1, -0.05) is 18.2 Å². The predicted octanol–water partition coefficient (Wildman–Crippen LogP) is 5.36. The van der Waals surface area contributed by atoms with Gasteiger partial charge in [-0.05, 0) is 62.9 Å². The molecule has 1 aromatic carbocycles. The van der Waals surface area contributed by atoms with Gasteiger partial charge in [0.05, 0.1) is 11.6 Å². The van der Waals surface area contributed by atoms with Gasteiger partial charge in [-0.2, -0.15) is 0 Å². The van der Waals surface area contributed by atoms with E-state index < -0.39 is 0 Å². The number of nitrogens with zero attached hydrogens (tertiary/aromatic N) is 1. The van der Waals surface area contributed by atoms with Crippen molar-refractivity contribution in [2.24, 2.45) is 0 Å². The van der Waals surface area contributed by atoms with Crippen LogP contribution in [0.4, 0.5) is 0 Å². The largest absolute Gasteiger partial charge is 0.326 e. The minimum absolute atomic E-state index is 0.0320. The number of thiophene rings is 2. The number of rotatable bonds is 2. The number of amides is 1. The van der Waals surface area contributed by atoms with Gasteiger partial charge in [-0.15, -0.1) is 22.7 Å². The van der Waals surface area contributed by atoms with Crippen molar-refractivity contribution in [3.05, 3.63) is 78.6 Å². The lowest BCUT2D eigenvalue weighted by molar-refractivity contribution is 0.0698. The quantitative estimate of drug-likeness (QED) is 0.563. The highest BCUT2D eigenvalue weighted by molar-refractivity contribution is 9.10. The summed E-state index contributed by atoms with van der Waals surface area (Å²) in [4.78, 5) is 17.8. The summed E-state index contributed by atoms with van der Waals surface area (Å²) in [5.74, 6) is 0.0905. The maximum absolute atomic E-state index is 13.2. The molecule has 3 aromatic rings. The molecule has 0 fully saturated rings. The number of carbonyl (C=O) groups is 1. The van der Waals surface area contributed by atoms with Gasteiger partial charge < -0.3 is 4.90 Å². The molecule has 1 unspecified atom stereocenters. The first-order valence-electron chi connectivity index (χ1n) is 7.41. The first kappa shape index (κ1) is 15.1. The molecule has 0 aliphatic carbocycles. The van der Waals surface area contributed by atoms with Crippen molar-refractivity contribution in [3.63, 3.8) is 0 Å². The molecule has 1 amide bonds. The summed E-state index contributed by atoms with van der Waals surface area (Å²) in [6.07, 6.45) is 0.936. The lowest BCUT2D eigenvalue weighted by Gasteiger charge is -2.35. The molecule has 0 saturated carbocycles. The van der Waals surface area contributed by atoms with Crippen molar-refractivity contribution < 1.29 is 4.79 Å². The zero-order chi connectivity index (χ0) is 15.8. The van der Waals surface area contributed by atoms with E-state index in [2.05, 4.69) is 44.9 Å². The number of fused-ring (bicyclic) bond motifs is 1. The zero-order valence-electron chi connectivity index (χ0n) is 12.2. The third kappa shape index (κ3) is 2.67. The van der Waals surface area contributed by atoms with Crippen LogP contribution in [-0.4, -0.2) is 17.4 Å². The van der Waals surface area contributed by atoms with E-state index in [0.29, 0.717) is 0 Å². The molecule has 4 rings (SSSR count). The first-order chi connectivity index (χ1) is 11.3. The molecule has 0 spiro atoms. The van der Waals surface area contributed by atoms with Crippen molar-refractivity contribution in [2.75, 3.05) is 6.54 Å². The lowest BCUT2D eigenvalue weighted by atomic mass is 9.97. The van der Waals surface area contributed by atoms with Crippen LogP contribution in [0.2, 0.25) is 0 Å². The summed E-state index contributed by atoms with van der Waals surface area (Å²) in [5.41, 5.74) is 2.01. The highest BCUT2D eigenvalue weighted by Crippen LogP contribution is 2.40. The molecule has 23 heavy (non-hydrogen) atoms. The Kier molecular flexibility index (Phi) is 4.09. The summed E-state index contributed by atoms with van der Waals surface area (Å²) in [5, 5.41) is 4.22. The van der Waals surface area contributed by atoms with E-state index in [1.807, 2.05) is 29.2 Å². The Morgan fingerprint density at radius 1 is 1.09 bits per heavy atom. The maximum atomic E-state index is 13.2. The number of carbonyl (C=O) groups excluding carboxylic acids is 1. The highest BCUT2D eigenvalue weighted by Gasteiger charge is 2.34. The van der Waals surface area contributed by atoms with Gasteiger partial charge in [0.1, 0.15) is 0 Å². The summed E-state index contributed by atoms with van der Waals surface area (Å²) in [7, 11) is 0. The van der Waals surface area contributed by atoms with Crippen LogP contribution in [0.15, 0.2) is 57.7 Å². The molecular formula is C18H14BrNOS2. The van der Waals surface area contributed by atoms with Crippen molar-refractivity contribution >= 4 is 44.5 Å². The molecule has 0 saturated heterocycles. The molecule has 0 N–H and O–H groups in total. The molecule has 2 aromatic heterocycles. The maximum Gasteiger partial charge on any atom is 0.255 e. The number of hydrogen-bond acceptors (Lipinski definition) is 3. The third-order valence-electron chi connectivity index (χ3n) is 4.14. The van der Waals surface area contributed by atoms with E-state index in [0.717, 1.165) is 23.0 Å². The monoisotopic (exact) mass is 403 g/mol. The van der Waals surface area contributed by atoms with Crippen LogP contribution < -0.4 is 0 Å². The van der Waals surface area contributed by atoms with Gasteiger partial charge in [0.2, 0.25) is 0 Å². The van der Waals surface area contributed by atoms with E-state index in [9.17, 15) is 4.79 Å². The molecule has 1 atom stereocenters. The van der Waals surface area contributed by atoms with Gasteiger partial charge in [0, 0.05) is 20.8 Å². The van der Waals surface area contributed by atoms with Gasteiger partial charge in [0.15, 0.2) is 0 Å². The Morgan fingerprint density at radius 3 is 2.74 bits per heavy atom. The molecule has 0 radical (unpaired) electrons. The smallest absolute Gasteiger partial charge is 0.255 e. The van der Waals surface area contributed by atoms with Crippen LogP contribution in [-0.2, 0) is 6.42 Å². The van der Waals surface area contributed by atoms with Crippen LogP contribution in [0.1, 0.15) is 31.7 Å². The molecule has 0 bridgehead atoms. The average Bonchev–Trinajstić information content (AvgIpc) is 3.25. The first-order valence-corrected chi connectivity index (χ1v) is 9.96. The highest BCUT2D eigenvalue weighted by atomic mass is 79.9. The molecule has 2 nitrogen and oxygen atoms in total. The van der Waals surface area contributed by atoms with Crippen molar-refractivity contribution in [1.29, 1.82) is 0 Å². The molecule has 1 aliphatic rings. The van der Waals surface area contributed by atoms with Gasteiger partial charge in [-0.25, -0.2) is 0 Å². The van der Waals surface area contributed by atoms with Crippen molar-refractivity contribution in [3.8, 4) is 0 Å². The SMILES string of the molecule is O=C(c1ccccc1Br)N1CCc2sccc2C1c1cccs1. The topological polar surface area (TPSA) is 20.3 Å². The number of hydrogen-bond donors (Lipinski definition) is 0. The van der Waals surface area contributed by atoms with E-state index in [-0.39, 0.29) is 11.9 Å². The second-order valence-electron chi connectivity index (χ2n) is 5.45. The Balaban J connectivity index is 1.78. The van der Waals surface area contributed by atoms with Crippen LogP contribution in [0.25, 0.3) is 0 Å². The summed E-state index contributed by atoms with van der Waals surface area (Å²) < 4.78 is 0.853. The van der Waals surface area contributed by atoms with Crippen LogP contribution in [0.3, 0.4) is 0 Å². The average molecular weight is 404 g/mol. The summed E-state index contributed by atoms with van der Waals surface area (Å²) >= 11 is 7.03. The van der Waals surface area contributed by atoms with Crippen molar-refractivity contribution in [1.82, 2.24) is 4.90 Å². The van der Waals surface area contributed by atoms with Crippen LogP contribution >= 0.6 is 38.6 Å². The van der Waals surface area contributed by atoms with Gasteiger partial charge >= 0.3 is 0 Å². The lowest BCUT2D eigenvalue weighted by Crippen LogP contribution is -2.39. The Hall–Kier alpha value is -1.43. The molecule has 116 valence electrons. The standard InChI is InChI=1S/C18H14BrNOS2/c19-14-5-2-1-4-12(14)18(21)20-9-7-15-13(8-11-23-15)17(20)16-6-3-10-22-16/h1-6,8,10-11,17H,7,9H2. The zero-order valence-corrected chi connectivity index (χ0v) is 15.5. The Bertz CT molecular complexity index is 840. The number of halogens is 1. The van der Waals surface area contributed by atoms with Gasteiger partial charge in [0.25, 0.3) is 5.91 Å². The van der Waals surface area contributed by atoms with E-state index >= 15 is 0 Å². The molecule has 5 heteroatoms. The normalized spacial score (nSPS) is 17.1. The third-order valence-corrected chi connectivity index (χ3v) is 6.76. The molecular weight excluding hydrogens is 390 g/mol. The van der Waals surface area contributed by atoms with Crippen LogP contribution in [0.5, 0.6) is 0 Å². The van der Waals surface area contributed by atoms with Crippen molar-refractivity contribution in [2.45, 2.75) is 12.5 Å². The summed E-state index contributed by atoms with van der Waals surface area (Å²) in [6, 6.07) is 14.1. The second-order valence-corrected chi connectivity index (χ2v) is 8.28. The predicted molar refractivity (Wildman–Crippen MR) is 99.4 cm³/mol. The van der Waals surface area contributed by atoms with E-state index in [1.165, 1.54) is 15.3 Å². The molecule has 1 aliphatic heterocycles.